The van der Waals surface area contributed by atoms with Gasteiger partial charge in [0.05, 0.1) is 12.2 Å². The topological polar surface area (TPSA) is 111 Å². The van der Waals surface area contributed by atoms with Crippen molar-refractivity contribution < 1.29 is 19.1 Å². The molecule has 3 atom stereocenters. The highest BCUT2D eigenvalue weighted by molar-refractivity contribution is 6.30. The number of nitrogens with zero attached hydrogens (tertiary/aromatic N) is 5. The molecular weight excluding hydrogens is 543 g/mol. The Morgan fingerprint density at radius 2 is 1.62 bits per heavy atom. The highest BCUT2D eigenvalue weighted by Crippen LogP contribution is 2.27. The fourth-order valence-corrected chi connectivity index (χ4v) is 5.08. The zero-order valence-corrected chi connectivity index (χ0v) is 22.9. The molecule has 2 amide bonds. The Labute approximate surface area is 236 Å². The van der Waals surface area contributed by atoms with Gasteiger partial charge in [-0.2, -0.15) is 4.80 Å². The second-order valence-corrected chi connectivity index (χ2v) is 10.5. The van der Waals surface area contributed by atoms with Crippen molar-refractivity contribution in [3.63, 3.8) is 0 Å². The van der Waals surface area contributed by atoms with Crippen molar-refractivity contribution >= 4 is 35.0 Å². The van der Waals surface area contributed by atoms with Crippen molar-refractivity contribution in [3.8, 4) is 11.4 Å². The third-order valence-electron chi connectivity index (χ3n) is 6.85. The predicted molar refractivity (Wildman–Crippen MR) is 145 cm³/mol. The Kier molecular flexibility index (Phi) is 9.08. The Balaban J connectivity index is 1.40. The summed E-state index contributed by atoms with van der Waals surface area (Å²) in [4.78, 5) is 30.3. The highest BCUT2D eigenvalue weighted by atomic mass is 35.5. The van der Waals surface area contributed by atoms with Crippen LogP contribution in [0.4, 0.5) is 0 Å². The van der Waals surface area contributed by atoms with E-state index in [9.17, 15) is 9.59 Å². The first-order valence-corrected chi connectivity index (χ1v) is 13.8. The summed E-state index contributed by atoms with van der Waals surface area (Å²) in [7, 11) is 0. The molecule has 0 bridgehead atoms. The van der Waals surface area contributed by atoms with Crippen LogP contribution in [-0.2, 0) is 25.6 Å². The smallest absolute Gasteiger partial charge is 0.247 e. The third kappa shape index (κ3) is 7.13. The summed E-state index contributed by atoms with van der Waals surface area (Å²) in [6, 6.07) is 13.1. The van der Waals surface area contributed by atoms with Gasteiger partial charge in [0.1, 0.15) is 12.6 Å². The van der Waals surface area contributed by atoms with E-state index < -0.39 is 6.04 Å². The van der Waals surface area contributed by atoms with Gasteiger partial charge in [-0.1, -0.05) is 35.3 Å². The number of tetrazole rings is 1. The lowest BCUT2D eigenvalue weighted by Gasteiger charge is -2.33. The van der Waals surface area contributed by atoms with E-state index in [2.05, 4.69) is 20.7 Å². The maximum atomic E-state index is 13.8. The van der Waals surface area contributed by atoms with E-state index in [0.29, 0.717) is 41.2 Å². The van der Waals surface area contributed by atoms with E-state index in [1.54, 1.807) is 53.4 Å². The molecule has 39 heavy (non-hydrogen) atoms. The number of hydrogen-bond acceptors (Lipinski definition) is 7. The lowest BCUT2D eigenvalue weighted by atomic mass is 10.0. The minimum Gasteiger partial charge on any atom is -0.376 e. The summed E-state index contributed by atoms with van der Waals surface area (Å²) >= 11 is 12.1. The molecule has 3 aromatic rings. The van der Waals surface area contributed by atoms with E-state index in [-0.39, 0.29) is 37.1 Å². The summed E-state index contributed by atoms with van der Waals surface area (Å²) in [5, 5.41) is 16.7. The molecule has 12 heteroatoms. The second-order valence-electron chi connectivity index (χ2n) is 9.67. The Morgan fingerprint density at radius 1 is 0.974 bits per heavy atom. The number of ether oxygens (including phenoxy) is 2. The zero-order valence-electron chi connectivity index (χ0n) is 21.3. The number of halogens is 2. The molecule has 0 radical (unpaired) electrons. The monoisotopic (exact) mass is 572 g/mol. The van der Waals surface area contributed by atoms with Gasteiger partial charge < -0.3 is 19.7 Å². The normalized spacial score (nSPS) is 19.6. The summed E-state index contributed by atoms with van der Waals surface area (Å²) in [6.07, 6.45) is 3.34. The molecule has 2 aromatic carbocycles. The third-order valence-corrected chi connectivity index (χ3v) is 7.35. The van der Waals surface area contributed by atoms with Crippen molar-refractivity contribution in [2.75, 3.05) is 26.3 Å². The number of benzene rings is 2. The van der Waals surface area contributed by atoms with Gasteiger partial charge in [0.25, 0.3) is 0 Å². The van der Waals surface area contributed by atoms with Crippen LogP contribution < -0.4 is 5.32 Å². The van der Waals surface area contributed by atoms with Gasteiger partial charge >= 0.3 is 0 Å². The summed E-state index contributed by atoms with van der Waals surface area (Å²) in [6.45, 7) is 1.74. The van der Waals surface area contributed by atoms with Crippen LogP contribution in [0.15, 0.2) is 48.5 Å². The average molecular weight is 573 g/mol. The first-order chi connectivity index (χ1) is 19.0. The molecule has 206 valence electrons. The van der Waals surface area contributed by atoms with Crippen LogP contribution in [0.25, 0.3) is 11.4 Å². The van der Waals surface area contributed by atoms with Crippen molar-refractivity contribution in [2.45, 2.75) is 50.5 Å². The van der Waals surface area contributed by atoms with Crippen LogP contribution in [0.1, 0.15) is 37.3 Å². The Bertz CT molecular complexity index is 1260. The van der Waals surface area contributed by atoms with Crippen LogP contribution >= 0.6 is 23.2 Å². The molecule has 1 aromatic heterocycles. The maximum absolute atomic E-state index is 13.8. The number of aromatic nitrogens is 4. The van der Waals surface area contributed by atoms with E-state index in [1.807, 2.05) is 0 Å². The van der Waals surface area contributed by atoms with Gasteiger partial charge in [0.15, 0.2) is 0 Å². The SMILES string of the molecule is O=C(NC[C@@H]1CCCO1)[C@H](c1ccc(Cl)cc1)N(C[C@@H]1CCCO1)C(=O)Cn1nnc(-c2ccc(Cl)cc2)n1. The van der Waals surface area contributed by atoms with Gasteiger partial charge in [-0.05, 0) is 72.9 Å². The van der Waals surface area contributed by atoms with Crippen LogP contribution in [0, 0.1) is 0 Å². The highest BCUT2D eigenvalue weighted by Gasteiger charge is 2.35. The molecule has 10 nitrogen and oxygen atoms in total. The molecule has 2 fully saturated rings. The fourth-order valence-electron chi connectivity index (χ4n) is 4.83. The van der Waals surface area contributed by atoms with Gasteiger partial charge in [0, 0.05) is 41.9 Å². The van der Waals surface area contributed by atoms with Gasteiger partial charge in [-0.3, -0.25) is 9.59 Å². The molecule has 0 saturated carbocycles. The first kappa shape index (κ1) is 27.5. The van der Waals surface area contributed by atoms with Crippen molar-refractivity contribution in [1.29, 1.82) is 0 Å². The Morgan fingerprint density at radius 3 is 2.26 bits per heavy atom. The maximum Gasteiger partial charge on any atom is 0.247 e. The quantitative estimate of drug-likeness (QED) is 0.394. The zero-order chi connectivity index (χ0) is 27.2. The minimum atomic E-state index is -0.903. The number of amides is 2. The van der Waals surface area contributed by atoms with Crippen LogP contribution in [0.3, 0.4) is 0 Å². The summed E-state index contributed by atoms with van der Waals surface area (Å²) in [5.74, 6) is -0.265. The van der Waals surface area contributed by atoms with Crippen LogP contribution in [0.5, 0.6) is 0 Å². The average Bonchev–Trinajstić information content (AvgIpc) is 3.72. The fraction of sp³-hybridized carbons (Fsp3) is 0.444. The van der Waals surface area contributed by atoms with Gasteiger partial charge in [-0.15, -0.1) is 10.2 Å². The standard InChI is InChI=1S/C27H30Cl2N6O4/c28-20-9-5-18(6-10-20)25(27(37)30-15-22-3-1-13-38-22)34(16-23-4-2-14-39-23)24(36)17-35-32-26(31-33-35)19-7-11-21(29)12-8-19/h5-12,22-23,25H,1-4,13-17H2,(H,30,37)/t22-,23-,25-/m0/s1. The molecular formula is C27H30Cl2N6O4. The van der Waals surface area contributed by atoms with Crippen LogP contribution in [-0.4, -0.2) is 75.4 Å². The van der Waals surface area contributed by atoms with E-state index in [1.165, 1.54) is 4.80 Å². The van der Waals surface area contributed by atoms with Gasteiger partial charge in [-0.25, -0.2) is 0 Å². The number of rotatable bonds is 10. The van der Waals surface area contributed by atoms with Crippen molar-refractivity contribution in [3.05, 3.63) is 64.1 Å². The molecule has 1 N–H and O–H groups in total. The molecule has 0 aliphatic carbocycles. The largest absolute Gasteiger partial charge is 0.376 e. The summed E-state index contributed by atoms with van der Waals surface area (Å²) < 4.78 is 11.5. The molecule has 3 heterocycles. The molecule has 0 unspecified atom stereocenters. The molecule has 2 aliphatic heterocycles. The van der Waals surface area contributed by atoms with Crippen molar-refractivity contribution in [2.24, 2.45) is 0 Å². The number of nitrogens with one attached hydrogen (secondary N) is 1. The lowest BCUT2D eigenvalue weighted by molar-refractivity contribution is -0.143. The summed E-state index contributed by atoms with van der Waals surface area (Å²) in [5.41, 5.74) is 1.37. The molecule has 0 spiro atoms. The number of hydrogen-bond donors (Lipinski definition) is 1. The molecule has 5 rings (SSSR count). The van der Waals surface area contributed by atoms with Crippen molar-refractivity contribution in [1.82, 2.24) is 30.4 Å². The molecule has 2 saturated heterocycles. The van der Waals surface area contributed by atoms with E-state index >= 15 is 0 Å². The number of carbonyl (C=O) groups excluding carboxylic acids is 2. The predicted octanol–water partition coefficient (Wildman–Crippen LogP) is 3.69. The lowest BCUT2D eigenvalue weighted by Crippen LogP contribution is -2.48. The number of carbonyl (C=O) groups is 2. The van der Waals surface area contributed by atoms with E-state index in [0.717, 1.165) is 31.2 Å². The minimum absolute atomic E-state index is 0.0345. The first-order valence-electron chi connectivity index (χ1n) is 13.1. The second kappa shape index (κ2) is 12.9. The van der Waals surface area contributed by atoms with E-state index in [4.69, 9.17) is 32.7 Å². The van der Waals surface area contributed by atoms with Crippen LogP contribution in [0.2, 0.25) is 10.0 Å². The molecule has 2 aliphatic rings. The van der Waals surface area contributed by atoms with Gasteiger partial charge in [0.2, 0.25) is 17.6 Å². The Hall–Kier alpha value is -3.05.